The largest absolute Gasteiger partial charge is 0.203 e. The van der Waals surface area contributed by atoms with Gasteiger partial charge in [0.25, 0.3) is 0 Å². The maximum atomic E-state index is 13.9. The lowest BCUT2D eigenvalue weighted by molar-refractivity contribution is 0.463. The summed E-state index contributed by atoms with van der Waals surface area (Å²) in [5.74, 6) is -4.77. The molecule has 26 heavy (non-hydrogen) atoms. The molecule has 2 unspecified atom stereocenters. The lowest BCUT2D eigenvalue weighted by Crippen LogP contribution is -2.06. The molecular formula is C22H32F4. The van der Waals surface area contributed by atoms with Crippen molar-refractivity contribution in [3.8, 4) is 0 Å². The Morgan fingerprint density at radius 2 is 0.846 bits per heavy atom. The van der Waals surface area contributed by atoms with Crippen LogP contribution in [0.4, 0.5) is 17.6 Å². The maximum Gasteiger partial charge on any atom is 0.161 e. The van der Waals surface area contributed by atoms with Gasteiger partial charge >= 0.3 is 0 Å². The zero-order valence-corrected chi connectivity index (χ0v) is 16.9. The van der Waals surface area contributed by atoms with E-state index in [0.717, 1.165) is 0 Å². The zero-order valence-electron chi connectivity index (χ0n) is 16.9. The van der Waals surface area contributed by atoms with Gasteiger partial charge in [-0.2, -0.15) is 0 Å². The Bertz CT molecular complexity index is 552. The van der Waals surface area contributed by atoms with Crippen LogP contribution in [0, 0.1) is 11.8 Å². The summed E-state index contributed by atoms with van der Waals surface area (Å²) in [4.78, 5) is 0. The summed E-state index contributed by atoms with van der Waals surface area (Å²) in [5, 5.41) is 0. The molecule has 0 aliphatic rings. The minimum atomic E-state index is -1.01. The fraction of sp³-hybridized carbons (Fsp3) is 0.455. The van der Waals surface area contributed by atoms with Crippen LogP contribution in [-0.2, 0) is 0 Å². The molecule has 0 aliphatic carbocycles. The van der Waals surface area contributed by atoms with E-state index in [1.807, 2.05) is 13.8 Å². The molecule has 0 rings (SSSR count). The molecule has 0 aromatic carbocycles. The molecule has 0 amide bonds. The first-order valence-electron chi connectivity index (χ1n) is 8.72. The van der Waals surface area contributed by atoms with Crippen molar-refractivity contribution >= 4 is 0 Å². The average molecular weight is 372 g/mol. The second-order valence-corrected chi connectivity index (χ2v) is 6.25. The maximum absolute atomic E-state index is 13.9. The van der Waals surface area contributed by atoms with Crippen LogP contribution in [0.5, 0.6) is 0 Å². The van der Waals surface area contributed by atoms with E-state index in [1.165, 1.54) is 13.8 Å². The first-order valence-corrected chi connectivity index (χ1v) is 8.72. The third-order valence-corrected chi connectivity index (χ3v) is 3.92. The Kier molecular flexibility index (Phi) is 12.7. The third-order valence-electron chi connectivity index (χ3n) is 3.92. The number of hydrogen-bond acceptors (Lipinski definition) is 0. The van der Waals surface area contributed by atoms with Crippen LogP contribution in [0.1, 0.15) is 54.4 Å². The van der Waals surface area contributed by atoms with E-state index in [-0.39, 0.29) is 34.1 Å². The van der Waals surface area contributed by atoms with Crippen molar-refractivity contribution in [2.24, 2.45) is 11.8 Å². The highest BCUT2D eigenvalue weighted by Crippen LogP contribution is 2.33. The van der Waals surface area contributed by atoms with Crippen LogP contribution < -0.4 is 0 Å². The molecular weight excluding hydrogens is 340 g/mol. The molecule has 148 valence electrons. The van der Waals surface area contributed by atoms with Crippen LogP contribution in [0.15, 0.2) is 71.9 Å². The first-order chi connectivity index (χ1) is 11.9. The first kappa shape index (κ1) is 26.4. The van der Waals surface area contributed by atoms with Crippen LogP contribution >= 0.6 is 0 Å². The monoisotopic (exact) mass is 372 g/mol. The molecule has 4 heteroatoms. The standard InChI is InChI=1S/C20H26F4.C2H6/c1-11(2)17(21)19(23)15(7)13(5)9-10-14(6)16(8)20(24)18(22)12(3)4;1-2/h13-14H,1,3,7-10H2,2,4-6H3;1-2H3/b19-17-,20-18-;. The minimum absolute atomic E-state index is 0.00919. The molecule has 0 spiro atoms. The van der Waals surface area contributed by atoms with Crippen molar-refractivity contribution in [3.63, 3.8) is 0 Å². The summed E-state index contributed by atoms with van der Waals surface area (Å²) < 4.78 is 54.9. The van der Waals surface area contributed by atoms with E-state index in [4.69, 9.17) is 0 Å². The van der Waals surface area contributed by atoms with Crippen molar-refractivity contribution in [2.75, 3.05) is 0 Å². The summed E-state index contributed by atoms with van der Waals surface area (Å²) in [6, 6.07) is 0. The Morgan fingerprint density at radius 1 is 0.615 bits per heavy atom. The normalized spacial score (nSPS) is 14.8. The Morgan fingerprint density at radius 3 is 1.04 bits per heavy atom. The van der Waals surface area contributed by atoms with Gasteiger partial charge in [-0.15, -0.1) is 0 Å². The molecule has 0 N–H and O–H groups in total. The van der Waals surface area contributed by atoms with Crippen LogP contribution in [0.2, 0.25) is 0 Å². The third kappa shape index (κ3) is 8.03. The quantitative estimate of drug-likeness (QED) is 0.281. The highest BCUT2D eigenvalue weighted by atomic mass is 19.2. The highest BCUT2D eigenvalue weighted by Gasteiger charge is 2.20. The Balaban J connectivity index is 0. The summed E-state index contributed by atoms with van der Waals surface area (Å²) >= 11 is 0. The molecule has 0 saturated heterocycles. The number of rotatable bonds is 9. The van der Waals surface area contributed by atoms with Gasteiger partial charge in [-0.25, -0.2) is 17.6 Å². The topological polar surface area (TPSA) is 0 Å². The fourth-order valence-corrected chi connectivity index (χ4v) is 1.94. The van der Waals surface area contributed by atoms with E-state index in [2.05, 4.69) is 26.3 Å². The lowest BCUT2D eigenvalue weighted by atomic mass is 9.88. The van der Waals surface area contributed by atoms with E-state index < -0.39 is 23.3 Å². The molecule has 0 aromatic rings. The molecule has 0 radical (unpaired) electrons. The van der Waals surface area contributed by atoms with E-state index in [0.29, 0.717) is 12.8 Å². The SMILES string of the molecule is C=C(C)/C(F)=C(/F)C(=C)C(C)CCC(C)C(=C)/C(F)=C(/F)C(=C)C.CC. The summed E-state index contributed by atoms with van der Waals surface area (Å²) in [5.41, 5.74) is 0.0324. The van der Waals surface area contributed by atoms with E-state index >= 15 is 0 Å². The van der Waals surface area contributed by atoms with Gasteiger partial charge in [0.05, 0.1) is 0 Å². The number of hydrogen-bond donors (Lipinski definition) is 0. The fourth-order valence-electron chi connectivity index (χ4n) is 1.94. The number of halogens is 4. The van der Waals surface area contributed by atoms with Gasteiger partial charge < -0.3 is 0 Å². The van der Waals surface area contributed by atoms with Gasteiger partial charge in [-0.3, -0.25) is 0 Å². The minimum Gasteiger partial charge on any atom is -0.203 e. The summed E-state index contributed by atoms with van der Waals surface area (Å²) in [6.07, 6.45) is 0.857. The highest BCUT2D eigenvalue weighted by molar-refractivity contribution is 5.36. The van der Waals surface area contributed by atoms with Gasteiger partial charge in [0, 0.05) is 0 Å². The molecule has 0 bridgehead atoms. The van der Waals surface area contributed by atoms with Gasteiger partial charge in [-0.1, -0.05) is 54.0 Å². The van der Waals surface area contributed by atoms with Crippen molar-refractivity contribution in [3.05, 3.63) is 71.9 Å². The van der Waals surface area contributed by atoms with Gasteiger partial charge in [0.15, 0.2) is 23.3 Å². The molecule has 0 heterocycles. The van der Waals surface area contributed by atoms with Gasteiger partial charge in [0.2, 0.25) is 0 Å². The molecule has 2 atom stereocenters. The molecule has 0 aliphatic heterocycles. The van der Waals surface area contributed by atoms with E-state index in [1.54, 1.807) is 13.8 Å². The van der Waals surface area contributed by atoms with E-state index in [9.17, 15) is 17.6 Å². The van der Waals surface area contributed by atoms with Crippen molar-refractivity contribution in [2.45, 2.75) is 54.4 Å². The van der Waals surface area contributed by atoms with Crippen LogP contribution in [-0.4, -0.2) is 0 Å². The predicted octanol–water partition coefficient (Wildman–Crippen LogP) is 8.63. The van der Waals surface area contributed by atoms with Gasteiger partial charge in [-0.05, 0) is 60.8 Å². The number of allylic oxidation sites excluding steroid dienone is 8. The molecule has 0 nitrogen and oxygen atoms in total. The zero-order chi connectivity index (χ0) is 21.2. The Labute approximate surface area is 156 Å². The van der Waals surface area contributed by atoms with Crippen LogP contribution in [0.25, 0.3) is 0 Å². The van der Waals surface area contributed by atoms with Crippen molar-refractivity contribution < 1.29 is 17.6 Å². The second kappa shape index (κ2) is 12.5. The summed E-state index contributed by atoms with van der Waals surface area (Å²) in [7, 11) is 0. The molecule has 0 fully saturated rings. The van der Waals surface area contributed by atoms with Crippen LogP contribution in [0.3, 0.4) is 0 Å². The van der Waals surface area contributed by atoms with Crippen molar-refractivity contribution in [1.82, 2.24) is 0 Å². The molecule has 0 aromatic heterocycles. The average Bonchev–Trinajstić information content (AvgIpc) is 2.63. The predicted molar refractivity (Wildman–Crippen MR) is 105 cm³/mol. The lowest BCUT2D eigenvalue weighted by Gasteiger charge is -2.18. The summed E-state index contributed by atoms with van der Waals surface area (Å²) in [6.45, 7) is 24.0. The van der Waals surface area contributed by atoms with Gasteiger partial charge in [0.1, 0.15) is 0 Å². The second-order valence-electron chi connectivity index (χ2n) is 6.25. The van der Waals surface area contributed by atoms with Crippen molar-refractivity contribution in [1.29, 1.82) is 0 Å². The molecule has 0 saturated carbocycles. The Hall–Kier alpha value is -1.84. The smallest absolute Gasteiger partial charge is 0.161 e.